The van der Waals surface area contributed by atoms with Gasteiger partial charge in [0.05, 0.1) is 26.9 Å². The molecule has 1 aromatic carbocycles. The molecule has 12 nitrogen and oxygen atoms in total. The van der Waals surface area contributed by atoms with Gasteiger partial charge in [-0.05, 0) is 11.6 Å². The number of rotatable bonds is 4. The minimum absolute atomic E-state index is 0.447. The normalized spacial score (nSPS) is 9.54. The van der Waals surface area contributed by atoms with Gasteiger partial charge < -0.3 is 10.8 Å². The summed E-state index contributed by atoms with van der Waals surface area (Å²) < 4.78 is 0. The van der Waals surface area contributed by atoms with Crippen LogP contribution in [0.25, 0.3) is 0 Å². The van der Waals surface area contributed by atoms with E-state index in [1.807, 2.05) is 12.1 Å². The van der Waals surface area contributed by atoms with Crippen LogP contribution in [0.2, 0.25) is 0 Å². The van der Waals surface area contributed by atoms with Crippen molar-refractivity contribution in [2.75, 3.05) is 0 Å². The Hall–Kier alpha value is -3.67. The second kappa shape index (κ2) is 8.09. The number of non-ortho nitro benzene ring substituents is 1. The Morgan fingerprint density at radius 1 is 1.04 bits per heavy atom. The van der Waals surface area contributed by atoms with Crippen LogP contribution in [0.4, 0.5) is 17.1 Å². The fourth-order valence-electron chi connectivity index (χ4n) is 1.49. The zero-order valence-corrected chi connectivity index (χ0v) is 11.9. The van der Waals surface area contributed by atoms with Gasteiger partial charge in [-0.2, -0.15) is 0 Å². The zero-order chi connectivity index (χ0) is 18.3. The predicted molar refractivity (Wildman–Crippen MR) is 80.2 cm³/mol. The Bertz CT molecular complexity index is 731. The summed E-state index contributed by atoms with van der Waals surface area (Å²) in [6.07, 6.45) is 3.50. The van der Waals surface area contributed by atoms with Gasteiger partial charge in [-0.25, -0.2) is 0 Å². The number of phenols is 1. The molecule has 0 aliphatic carbocycles. The molecule has 0 unspecified atom stereocenters. The third-order valence-corrected chi connectivity index (χ3v) is 2.62. The molecule has 0 saturated heterocycles. The van der Waals surface area contributed by atoms with E-state index in [1.165, 1.54) is 0 Å². The molecule has 0 fully saturated rings. The third-order valence-electron chi connectivity index (χ3n) is 2.62. The van der Waals surface area contributed by atoms with Gasteiger partial charge in [0.1, 0.15) is 0 Å². The summed E-state index contributed by atoms with van der Waals surface area (Å²) in [5, 5.41) is 40.2. The fraction of sp³-hybridized carbons (Fsp3) is 0.0833. The van der Waals surface area contributed by atoms with Crippen LogP contribution in [0.3, 0.4) is 0 Å². The molecule has 0 radical (unpaired) electrons. The lowest BCUT2D eigenvalue weighted by atomic mass is 10.2. The number of nitro benzene ring substituents is 3. The van der Waals surface area contributed by atoms with Gasteiger partial charge in [-0.3, -0.25) is 35.3 Å². The van der Waals surface area contributed by atoms with E-state index < -0.39 is 37.6 Å². The lowest BCUT2D eigenvalue weighted by Gasteiger charge is -1.97. The molecule has 12 heteroatoms. The average molecular weight is 337 g/mol. The number of benzene rings is 1. The number of pyridine rings is 1. The average Bonchev–Trinajstić information content (AvgIpc) is 2.55. The zero-order valence-electron chi connectivity index (χ0n) is 11.9. The van der Waals surface area contributed by atoms with Gasteiger partial charge in [0.2, 0.25) is 0 Å². The van der Waals surface area contributed by atoms with Gasteiger partial charge in [0.15, 0.2) is 0 Å². The lowest BCUT2D eigenvalue weighted by molar-refractivity contribution is -0.404. The minimum atomic E-state index is -1.21. The van der Waals surface area contributed by atoms with Crippen LogP contribution in [-0.4, -0.2) is 24.9 Å². The Morgan fingerprint density at radius 2 is 1.58 bits per heavy atom. The van der Waals surface area contributed by atoms with E-state index in [0.29, 0.717) is 18.7 Å². The van der Waals surface area contributed by atoms with E-state index >= 15 is 0 Å². The van der Waals surface area contributed by atoms with Crippen molar-refractivity contribution in [1.82, 2.24) is 4.98 Å². The monoisotopic (exact) mass is 337 g/mol. The highest BCUT2D eigenvalue weighted by Gasteiger charge is 2.30. The first kappa shape index (κ1) is 18.4. The van der Waals surface area contributed by atoms with E-state index in [2.05, 4.69) is 4.98 Å². The molecular weight excluding hydrogens is 326 g/mol. The largest absolute Gasteiger partial charge is 0.497 e. The van der Waals surface area contributed by atoms with Crippen LogP contribution in [0, 0.1) is 30.3 Å². The number of nitrogens with two attached hydrogens (primary N) is 1. The maximum atomic E-state index is 10.4. The number of nitrogens with zero attached hydrogens (tertiary/aromatic N) is 4. The number of nitro groups is 3. The number of aromatic nitrogens is 1. The molecule has 3 N–H and O–H groups in total. The lowest BCUT2D eigenvalue weighted by Crippen LogP contribution is -1.97. The second-order valence-corrected chi connectivity index (χ2v) is 4.17. The van der Waals surface area contributed by atoms with Crippen LogP contribution < -0.4 is 5.73 Å². The van der Waals surface area contributed by atoms with Gasteiger partial charge in [0.25, 0.3) is 11.4 Å². The minimum Gasteiger partial charge on any atom is -0.497 e. The van der Waals surface area contributed by atoms with Gasteiger partial charge in [0, 0.05) is 18.9 Å². The van der Waals surface area contributed by atoms with Crippen LogP contribution in [0.5, 0.6) is 5.75 Å². The SMILES string of the molecule is NCc1cccnc1.O=[N+]([O-])c1cc([N+](=O)[O-])c(O)c([N+](=O)[O-])c1. The van der Waals surface area contributed by atoms with E-state index in [4.69, 9.17) is 10.8 Å². The highest BCUT2D eigenvalue weighted by molar-refractivity contribution is 5.64. The summed E-state index contributed by atoms with van der Waals surface area (Å²) in [6, 6.07) is 4.72. The predicted octanol–water partition coefficient (Wildman–Crippen LogP) is 1.66. The molecule has 24 heavy (non-hydrogen) atoms. The topological polar surface area (TPSA) is 189 Å². The first-order valence-electron chi connectivity index (χ1n) is 6.17. The van der Waals surface area contributed by atoms with Crippen molar-refractivity contribution in [3.63, 3.8) is 0 Å². The fourth-order valence-corrected chi connectivity index (χ4v) is 1.49. The first-order chi connectivity index (χ1) is 11.3. The quantitative estimate of drug-likeness (QED) is 0.617. The van der Waals surface area contributed by atoms with E-state index in [0.717, 1.165) is 5.56 Å². The summed E-state index contributed by atoms with van der Waals surface area (Å²) in [6.45, 7) is 0.577. The molecular formula is C12H11N5O7. The van der Waals surface area contributed by atoms with E-state index in [9.17, 15) is 30.3 Å². The van der Waals surface area contributed by atoms with Crippen molar-refractivity contribution in [2.45, 2.75) is 6.54 Å². The van der Waals surface area contributed by atoms with Crippen LogP contribution >= 0.6 is 0 Å². The van der Waals surface area contributed by atoms with Gasteiger partial charge in [-0.15, -0.1) is 0 Å². The number of phenolic OH excluding ortho intramolecular Hbond substituents is 1. The van der Waals surface area contributed by atoms with Crippen LogP contribution in [0.15, 0.2) is 36.7 Å². The van der Waals surface area contributed by atoms with Crippen LogP contribution in [0.1, 0.15) is 5.56 Å². The van der Waals surface area contributed by atoms with Crippen LogP contribution in [-0.2, 0) is 6.54 Å². The molecule has 2 rings (SSSR count). The molecule has 0 spiro atoms. The van der Waals surface area contributed by atoms with E-state index in [1.54, 1.807) is 12.4 Å². The Balaban J connectivity index is 0.000000300. The van der Waals surface area contributed by atoms with Crippen molar-refractivity contribution in [3.05, 3.63) is 72.6 Å². The molecule has 1 heterocycles. The Kier molecular flexibility index (Phi) is 6.20. The first-order valence-corrected chi connectivity index (χ1v) is 6.17. The molecule has 0 amide bonds. The molecule has 0 atom stereocenters. The van der Waals surface area contributed by atoms with Crippen molar-refractivity contribution in [1.29, 1.82) is 0 Å². The number of aromatic hydroxyl groups is 1. The van der Waals surface area contributed by atoms with Crippen molar-refractivity contribution >= 4 is 17.1 Å². The van der Waals surface area contributed by atoms with Crippen molar-refractivity contribution in [2.24, 2.45) is 5.73 Å². The van der Waals surface area contributed by atoms with Gasteiger partial charge in [-0.1, -0.05) is 6.07 Å². The third kappa shape index (κ3) is 4.67. The maximum absolute atomic E-state index is 10.4. The Labute approximate surface area is 133 Å². The molecule has 0 aliphatic heterocycles. The highest BCUT2D eigenvalue weighted by atomic mass is 16.6. The molecule has 0 bridgehead atoms. The van der Waals surface area contributed by atoms with Crippen molar-refractivity contribution < 1.29 is 19.9 Å². The summed E-state index contributed by atoms with van der Waals surface area (Å²) in [4.78, 5) is 31.6. The Morgan fingerprint density at radius 3 is 1.88 bits per heavy atom. The van der Waals surface area contributed by atoms with Gasteiger partial charge >= 0.3 is 11.4 Å². The highest BCUT2D eigenvalue weighted by Crippen LogP contribution is 2.38. The number of hydrogen-bond donors (Lipinski definition) is 2. The standard InChI is InChI=1S/C6H3N3O7.C6H8N2/c10-6-4(8(13)14)1-3(7(11)12)2-5(6)9(15)16;7-4-6-2-1-3-8-5-6/h1-2,10H;1-3,5H,4,7H2. The smallest absolute Gasteiger partial charge is 0.324 e. The molecule has 126 valence electrons. The second-order valence-electron chi connectivity index (χ2n) is 4.17. The molecule has 0 aliphatic rings. The summed E-state index contributed by atoms with van der Waals surface area (Å²) in [7, 11) is 0. The molecule has 2 aromatic rings. The summed E-state index contributed by atoms with van der Waals surface area (Å²) in [5.74, 6) is -1.21. The molecule has 0 saturated carbocycles. The molecule has 1 aromatic heterocycles. The number of hydrogen-bond acceptors (Lipinski definition) is 9. The van der Waals surface area contributed by atoms with Crippen molar-refractivity contribution in [3.8, 4) is 5.75 Å². The summed E-state index contributed by atoms with van der Waals surface area (Å²) >= 11 is 0. The van der Waals surface area contributed by atoms with E-state index in [-0.39, 0.29) is 0 Å². The summed E-state index contributed by atoms with van der Waals surface area (Å²) in [5.41, 5.74) is 3.38. The maximum Gasteiger partial charge on any atom is 0.324 e.